The Morgan fingerprint density at radius 3 is 0.591 bits per heavy atom. The van der Waals surface area contributed by atoms with E-state index in [1.165, 1.54) is 12.2 Å². The Labute approximate surface area is 795 Å². The minimum absolute atomic E-state index is 0.314. The van der Waals surface area contributed by atoms with E-state index in [0.29, 0.717) is 68.1 Å². The molecule has 0 amide bonds. The van der Waals surface area contributed by atoms with Crippen molar-refractivity contribution in [1.29, 1.82) is 0 Å². The quantitative estimate of drug-likeness (QED) is 0.0180. The molecule has 0 saturated heterocycles. The Balaban J connectivity index is -0.000000347. The highest BCUT2D eigenvalue weighted by Gasteiger charge is 2.59. The molecule has 0 aliphatic rings. The van der Waals surface area contributed by atoms with E-state index in [-0.39, 0.29) is 17.9 Å². The lowest BCUT2D eigenvalue weighted by Gasteiger charge is -2.43. The summed E-state index contributed by atoms with van der Waals surface area (Å²) in [5.41, 5.74) is 1.17. The third-order valence-corrected chi connectivity index (χ3v) is 72.5. The summed E-state index contributed by atoms with van der Waals surface area (Å²) >= 11 is 0. The molecule has 0 radical (unpaired) electrons. The number of carbonyl (C=O) groups excluding carboxylic acids is 6. The fraction of sp³-hybridized carbons (Fsp3) is 0.772. The predicted molar refractivity (Wildman–Crippen MR) is 571 cm³/mol. The van der Waals surface area contributed by atoms with Gasteiger partial charge in [-0.15, -0.1) is 0 Å². The lowest BCUT2D eigenvalue weighted by Crippen LogP contribution is -2.63. The van der Waals surface area contributed by atoms with E-state index in [0.717, 1.165) is 31.0 Å². The highest BCUT2D eigenvalue weighted by Crippen LogP contribution is 2.35. The van der Waals surface area contributed by atoms with Gasteiger partial charge in [-0.2, -0.15) is 0 Å². The fourth-order valence-corrected chi connectivity index (χ4v) is 76.6. The summed E-state index contributed by atoms with van der Waals surface area (Å²) < 4.78 is 131. The van der Waals surface area contributed by atoms with E-state index in [1.54, 1.807) is 35.0 Å². The molecule has 127 heavy (non-hydrogen) atoms. The van der Waals surface area contributed by atoms with Gasteiger partial charge in [-0.1, -0.05) is 39.5 Å². The van der Waals surface area contributed by atoms with Crippen molar-refractivity contribution in [3.05, 3.63) is 74.4 Å². The number of carbonyl (C=O) groups is 6. The lowest BCUT2D eigenvalue weighted by atomic mass is 10.4. The molecule has 0 saturated carbocycles. The van der Waals surface area contributed by atoms with Crippen LogP contribution in [0.5, 0.6) is 0 Å². The van der Waals surface area contributed by atoms with Gasteiger partial charge in [0.15, 0.2) is 116 Å². The summed E-state index contributed by atoms with van der Waals surface area (Å²) in [6.45, 7) is 120. The van der Waals surface area contributed by atoms with Gasteiger partial charge in [-0.25, -0.2) is 28.8 Å². The average Bonchev–Trinajstić information content (AvgIpc) is 0.814. The van der Waals surface area contributed by atoms with Crippen molar-refractivity contribution >= 4 is 205 Å². The maximum Gasteiger partial charge on any atom is 0.719 e. The van der Waals surface area contributed by atoms with E-state index in [9.17, 15) is 28.8 Å². The van der Waals surface area contributed by atoms with Crippen molar-refractivity contribution in [3.63, 3.8) is 0 Å². The Hall–Kier alpha value is -1.04. The summed E-state index contributed by atoms with van der Waals surface area (Å²) in [4.78, 5) is 68.7. The standard InChI is InChI=1S/C16H38O5Si4.C15H36O5Si4.C13H32O5Si4.C12H30O5Si4.C12H26O4Si2.C11H24O4Si2/c1-15(2)16(17)18-13-12-14-25(19-22(3,4)5,20-23(6,7)8)21-24(9,10)11;1-11-15(16)17-13-12-14-24(18-21(2,3)4,19-22(5,6)7)20-23(8,9)10;1-12(2)13(14)15-22(16-19(3,4)5,17-20(6,7)8)18-21(9,10)11;1-11-12(13)14-21(15-18(2,3)4,16-19(5,6)7)17-20(8,9)10;1-11(2)12(13)15-9-8-10-17(4,5)16-18(6,7)14-3;1-7-11(12)14-9-8-10-16(3,4)15-17(5,6)13-2/h1,12-14H2,2-11H3;11H,1,12-14H2,2-10H3;1H2,2-11H3;11H,1H2,2-10H3;1,8-10H2,2-7H3;7H,1,8-10H2,2-6H3. The number of rotatable bonds is 54. The van der Waals surface area contributed by atoms with Crippen LogP contribution in [0.25, 0.3) is 0 Å². The molecule has 0 aromatic carbocycles. The van der Waals surface area contributed by atoms with Crippen molar-refractivity contribution in [2.75, 3.05) is 40.6 Å². The third kappa shape index (κ3) is 85.1. The van der Waals surface area contributed by atoms with Crippen molar-refractivity contribution in [2.45, 2.75) is 359 Å². The first-order chi connectivity index (χ1) is 55.9. The van der Waals surface area contributed by atoms with Crippen molar-refractivity contribution in [2.24, 2.45) is 0 Å². The minimum Gasteiger partial charge on any atom is -0.463 e. The number of hydrogen-bond acceptors (Lipinski definition) is 28. The monoisotopic (exact) mass is 2140 g/mol. The molecule has 0 heterocycles. The Morgan fingerprint density at radius 2 is 0.417 bits per heavy atom. The molecule has 0 aliphatic carbocycles. The Morgan fingerprint density at radius 1 is 0.236 bits per heavy atom. The zero-order valence-corrected chi connectivity index (χ0v) is 109. The number of hydrogen-bond donors (Lipinski definition) is 0. The minimum atomic E-state index is -3.55. The molecule has 0 atom stereocenters. The van der Waals surface area contributed by atoms with Gasteiger partial charge in [-0.3, -0.25) is 0 Å². The molecule has 0 unspecified atom stereocenters. The van der Waals surface area contributed by atoms with Crippen molar-refractivity contribution in [3.8, 4) is 0 Å². The molecule has 28 nitrogen and oxygen atoms in total. The first-order valence-corrected chi connectivity index (χ1v) is 104. The summed E-state index contributed by atoms with van der Waals surface area (Å²) in [7, 11) is -40.1. The first-order valence-electron chi connectivity index (χ1n) is 43.8. The average molecular weight is 2150 g/mol. The summed E-state index contributed by atoms with van der Waals surface area (Å²) in [5.74, 6) is -2.50. The first kappa shape index (κ1) is 137. The molecule has 0 fully saturated rings. The predicted octanol–water partition coefficient (Wildman–Crippen LogP) is 23.1. The maximum absolute atomic E-state index is 12.1. The molecule has 0 aromatic heterocycles. The van der Waals surface area contributed by atoms with Gasteiger partial charge >= 0.3 is 88.6 Å². The lowest BCUT2D eigenvalue weighted by molar-refractivity contribution is -0.139. The Kier molecular flexibility index (Phi) is 61.7. The molecular weight excluding hydrogens is 1960 g/mol. The van der Waals surface area contributed by atoms with Gasteiger partial charge in [0, 0.05) is 61.3 Å². The third-order valence-electron chi connectivity index (χ3n) is 13.4. The molecular formula is C79H186O28Si20. The number of ether oxygens (including phenoxy) is 4. The molecule has 0 aromatic rings. The highest BCUT2D eigenvalue weighted by molar-refractivity contribution is 6.93. The van der Waals surface area contributed by atoms with E-state index in [2.05, 4.69) is 184 Å². The molecule has 0 bridgehead atoms. The molecule has 0 rings (SSSR count). The Bertz CT molecular complexity index is 3190. The zero-order valence-electron chi connectivity index (χ0n) is 89.4. The second kappa shape index (κ2) is 57.4. The van der Waals surface area contributed by atoms with Crippen LogP contribution in [0.15, 0.2) is 74.4 Å². The molecule has 0 N–H and O–H groups in total. The van der Waals surface area contributed by atoms with Crippen molar-refractivity contribution < 1.29 is 123 Å². The molecule has 750 valence electrons. The molecule has 0 spiro atoms. The van der Waals surface area contributed by atoms with Crippen LogP contribution >= 0.6 is 0 Å². The summed E-state index contributed by atoms with van der Waals surface area (Å²) in [6, 6.07) is 3.26. The topological polar surface area (TPSA) is 305 Å². The molecule has 48 heteroatoms. The van der Waals surface area contributed by atoms with Crippen LogP contribution in [-0.2, 0) is 123 Å². The van der Waals surface area contributed by atoms with Gasteiger partial charge in [0.1, 0.15) is 0 Å². The van der Waals surface area contributed by atoms with Crippen LogP contribution in [0.2, 0.25) is 312 Å². The van der Waals surface area contributed by atoms with E-state index >= 15 is 0 Å². The zero-order chi connectivity index (χ0) is 102. The normalized spacial score (nSPS) is 13.4. The fourth-order valence-electron chi connectivity index (χ4n) is 10.2. The maximum atomic E-state index is 12.1. The van der Waals surface area contributed by atoms with Gasteiger partial charge in [0.2, 0.25) is 0 Å². The van der Waals surface area contributed by atoms with Crippen LogP contribution < -0.4 is 0 Å². The van der Waals surface area contributed by atoms with Gasteiger partial charge < -0.3 is 94.3 Å². The highest BCUT2D eigenvalue weighted by atomic mass is 28.5. The van der Waals surface area contributed by atoms with E-state index < -0.39 is 187 Å². The largest absolute Gasteiger partial charge is 0.719 e. The van der Waals surface area contributed by atoms with E-state index in [1.807, 2.05) is 144 Å². The van der Waals surface area contributed by atoms with Gasteiger partial charge in [0.25, 0.3) is 0 Å². The van der Waals surface area contributed by atoms with Gasteiger partial charge in [0.05, 0.1) is 26.4 Å². The molecule has 0 aliphatic heterocycles. The van der Waals surface area contributed by atoms with Crippen molar-refractivity contribution in [1.82, 2.24) is 0 Å². The smallest absolute Gasteiger partial charge is 0.463 e. The van der Waals surface area contributed by atoms with Crippen LogP contribution in [-0.4, -0.2) is 246 Å². The van der Waals surface area contributed by atoms with Crippen LogP contribution in [0.3, 0.4) is 0 Å². The van der Waals surface area contributed by atoms with E-state index in [4.69, 9.17) is 94.3 Å². The second-order valence-corrected chi connectivity index (χ2v) is 127. The van der Waals surface area contributed by atoms with Crippen LogP contribution in [0.1, 0.15) is 46.5 Å². The van der Waals surface area contributed by atoms with Crippen LogP contribution in [0, 0.1) is 0 Å². The summed E-state index contributed by atoms with van der Waals surface area (Å²) in [6.07, 6.45) is 6.48. The number of esters is 4. The van der Waals surface area contributed by atoms with Crippen LogP contribution in [0.4, 0.5) is 0 Å². The van der Waals surface area contributed by atoms with Gasteiger partial charge in [-0.05, 0) is 347 Å². The second-order valence-electron chi connectivity index (χ2n) is 44.7. The SMILES string of the molecule is C=C(C)C(=O)OCCC[Si](C)(C)O[Si](C)(C)OC.C=C(C)C(=O)OCCC[Si](O[Si](C)(C)C)(O[Si](C)(C)C)O[Si](C)(C)C.C=C(C)C(=O)O[Si](O[Si](C)(C)C)(O[Si](C)(C)C)O[Si](C)(C)C.C=CC(=O)OCCC[Si](C)(C)O[Si](C)(C)OC.C=CC(=O)OCCC[Si](O[Si](C)(C)C)(O[Si](C)(C)C)O[Si](C)(C)C.C=CC(=O)O[Si](O[Si](C)(C)C)(O[Si](C)(C)C)O[Si](C)(C)C. The summed E-state index contributed by atoms with van der Waals surface area (Å²) in [5, 5.41) is 0.